The molecule has 0 saturated carbocycles. The van der Waals surface area contributed by atoms with Crippen molar-refractivity contribution in [2.75, 3.05) is 33.0 Å². The Morgan fingerprint density at radius 1 is 0.704 bits per heavy atom. The van der Waals surface area contributed by atoms with Crippen LogP contribution in [-0.2, 0) is 26.9 Å². The van der Waals surface area contributed by atoms with Crippen LogP contribution in [0.25, 0.3) is 0 Å². The molecule has 0 radical (unpaired) electrons. The number of halogens is 6. The average molecular weight is 450 g/mol. The highest BCUT2D eigenvalue weighted by atomic mass is 31.2. The van der Waals surface area contributed by atoms with Crippen molar-refractivity contribution in [3.8, 4) is 0 Å². The topological polar surface area (TPSA) is 63.2 Å². The second-order valence-electron chi connectivity index (χ2n) is 4.88. The maximum atomic E-state index is 14.8. The lowest BCUT2D eigenvalue weighted by molar-refractivity contribution is -0.274. The maximum Gasteiger partial charge on any atom is 0.582 e. The SMILES string of the molecule is CCO[Si](OCC)(OCC)C(F)(F)C(F)(F)C(F)(F)P(=O)(OCC)OCC. The van der Waals surface area contributed by atoms with E-state index in [4.69, 9.17) is 0 Å². The van der Waals surface area contributed by atoms with E-state index in [2.05, 4.69) is 22.3 Å². The van der Waals surface area contributed by atoms with Crippen LogP contribution in [0.1, 0.15) is 34.6 Å². The molecule has 0 spiro atoms. The molecule has 0 saturated heterocycles. The van der Waals surface area contributed by atoms with E-state index < -0.39 is 66.6 Å². The number of hydrogen-bond acceptors (Lipinski definition) is 6. The van der Waals surface area contributed by atoms with Gasteiger partial charge in [-0.3, -0.25) is 4.57 Å². The highest BCUT2D eigenvalue weighted by Crippen LogP contribution is 2.70. The van der Waals surface area contributed by atoms with Gasteiger partial charge in [0.1, 0.15) is 0 Å². The first-order chi connectivity index (χ1) is 12.3. The third-order valence-corrected chi connectivity index (χ3v) is 8.36. The van der Waals surface area contributed by atoms with Gasteiger partial charge in [-0.05, 0) is 34.6 Å². The van der Waals surface area contributed by atoms with Gasteiger partial charge in [0.25, 0.3) is 0 Å². The van der Waals surface area contributed by atoms with Crippen LogP contribution in [0.5, 0.6) is 0 Å². The van der Waals surface area contributed by atoms with Crippen LogP contribution in [0.15, 0.2) is 0 Å². The Bertz CT molecular complexity index is 483. The fraction of sp³-hybridized carbons (Fsp3) is 1.00. The summed E-state index contributed by atoms with van der Waals surface area (Å²) in [7, 11) is -11.7. The predicted molar refractivity (Wildman–Crippen MR) is 86.3 cm³/mol. The Labute approximate surface area is 155 Å². The van der Waals surface area contributed by atoms with E-state index in [0.29, 0.717) is 0 Å². The van der Waals surface area contributed by atoms with E-state index in [1.807, 2.05) is 0 Å². The second-order valence-corrected chi connectivity index (χ2v) is 9.56. The van der Waals surface area contributed by atoms with Gasteiger partial charge >= 0.3 is 33.5 Å². The van der Waals surface area contributed by atoms with Crippen molar-refractivity contribution in [2.45, 2.75) is 51.8 Å². The zero-order valence-electron chi connectivity index (χ0n) is 15.7. The van der Waals surface area contributed by atoms with Gasteiger partial charge in [-0.15, -0.1) is 0 Å². The first kappa shape index (κ1) is 26.8. The van der Waals surface area contributed by atoms with Crippen molar-refractivity contribution >= 4 is 16.4 Å². The molecule has 0 unspecified atom stereocenters. The number of alkyl halides is 6. The van der Waals surface area contributed by atoms with E-state index in [0.717, 1.165) is 13.8 Å². The predicted octanol–water partition coefficient (Wildman–Crippen LogP) is 4.70. The summed E-state index contributed by atoms with van der Waals surface area (Å²) >= 11 is 0. The standard InChI is InChI=1S/C13H25F6O6PSi/c1-6-21-26(20,22-7-2)12(16,17)11(14,15)13(18,19)27(23-8-3,24-9-4)25-10-5/h6-10H2,1-5H3. The minimum atomic E-state index is -6.23. The molecule has 0 rings (SSSR count). The van der Waals surface area contributed by atoms with Crippen molar-refractivity contribution < 1.29 is 53.2 Å². The molecule has 164 valence electrons. The normalized spacial score (nSPS) is 14.6. The van der Waals surface area contributed by atoms with Crippen LogP contribution in [-0.4, -0.2) is 59.0 Å². The smallest absolute Gasteiger partial charge is 0.370 e. The third-order valence-electron chi connectivity index (χ3n) is 3.10. The summed E-state index contributed by atoms with van der Waals surface area (Å²) in [6.45, 7) is 2.48. The van der Waals surface area contributed by atoms with Crippen molar-refractivity contribution in [1.82, 2.24) is 0 Å². The van der Waals surface area contributed by atoms with Crippen LogP contribution >= 0.6 is 7.60 Å². The molecule has 0 bridgehead atoms. The average Bonchev–Trinajstić information content (AvgIpc) is 2.55. The highest BCUT2D eigenvalue weighted by molar-refractivity contribution is 7.55. The van der Waals surface area contributed by atoms with E-state index in [1.54, 1.807) is 0 Å². The minimum Gasteiger partial charge on any atom is -0.370 e. The van der Waals surface area contributed by atoms with Gasteiger partial charge in [0.15, 0.2) is 0 Å². The van der Waals surface area contributed by atoms with Crippen molar-refractivity contribution in [1.29, 1.82) is 0 Å². The Morgan fingerprint density at radius 3 is 1.30 bits per heavy atom. The van der Waals surface area contributed by atoms with Gasteiger partial charge in [0.05, 0.1) is 13.2 Å². The lowest BCUT2D eigenvalue weighted by Crippen LogP contribution is -2.72. The maximum absolute atomic E-state index is 14.8. The summed E-state index contributed by atoms with van der Waals surface area (Å²) in [5, 5.41) is 0. The first-order valence-electron chi connectivity index (χ1n) is 8.25. The van der Waals surface area contributed by atoms with Gasteiger partial charge in [0, 0.05) is 19.8 Å². The molecule has 27 heavy (non-hydrogen) atoms. The molecule has 0 atom stereocenters. The summed E-state index contributed by atoms with van der Waals surface area (Å²) < 4.78 is 122. The molecule has 0 aliphatic heterocycles. The molecule has 0 amide bonds. The Kier molecular flexibility index (Phi) is 9.97. The van der Waals surface area contributed by atoms with Gasteiger partial charge < -0.3 is 22.3 Å². The summed E-state index contributed by atoms with van der Waals surface area (Å²) in [5.41, 5.74) is -11.5. The molecular weight excluding hydrogens is 425 g/mol. The zero-order chi connectivity index (χ0) is 21.6. The molecule has 0 aromatic rings. The quantitative estimate of drug-likeness (QED) is 0.217. The molecule has 14 heteroatoms. The van der Waals surface area contributed by atoms with E-state index in [1.165, 1.54) is 20.8 Å². The fourth-order valence-electron chi connectivity index (χ4n) is 2.06. The summed E-state index contributed by atoms with van der Waals surface area (Å²) in [5.74, 6) is -6.23. The molecule has 0 aromatic heterocycles. The first-order valence-corrected chi connectivity index (χ1v) is 11.5. The Hall–Kier alpha value is -0.173. The summed E-state index contributed by atoms with van der Waals surface area (Å²) in [6.07, 6.45) is 0. The number of hydrogen-bond donors (Lipinski definition) is 0. The molecule has 0 aliphatic rings. The largest absolute Gasteiger partial charge is 0.582 e. The second kappa shape index (κ2) is 10.0. The van der Waals surface area contributed by atoms with Crippen LogP contribution < -0.4 is 0 Å². The van der Waals surface area contributed by atoms with Crippen molar-refractivity contribution in [3.63, 3.8) is 0 Å². The van der Waals surface area contributed by atoms with E-state index in [9.17, 15) is 30.9 Å². The summed E-state index contributed by atoms with van der Waals surface area (Å²) in [6, 6.07) is 0. The van der Waals surface area contributed by atoms with Gasteiger partial charge in [-0.25, -0.2) is 0 Å². The summed E-state index contributed by atoms with van der Waals surface area (Å²) in [4.78, 5) is 0. The molecule has 0 heterocycles. The van der Waals surface area contributed by atoms with Crippen molar-refractivity contribution in [2.24, 2.45) is 0 Å². The zero-order valence-corrected chi connectivity index (χ0v) is 17.6. The lowest BCUT2D eigenvalue weighted by atomic mass is 10.3. The fourth-order valence-corrected chi connectivity index (χ4v) is 6.20. The van der Waals surface area contributed by atoms with Crippen LogP contribution in [0.2, 0.25) is 0 Å². The number of rotatable bonds is 14. The molecule has 0 N–H and O–H groups in total. The molecule has 0 fully saturated rings. The van der Waals surface area contributed by atoms with Crippen molar-refractivity contribution in [3.05, 3.63) is 0 Å². The monoisotopic (exact) mass is 450 g/mol. The van der Waals surface area contributed by atoms with Gasteiger partial charge in [-0.2, -0.15) is 26.3 Å². The van der Waals surface area contributed by atoms with Gasteiger partial charge in [0.2, 0.25) is 0 Å². The Morgan fingerprint density at radius 2 is 1.04 bits per heavy atom. The molecule has 6 nitrogen and oxygen atoms in total. The van der Waals surface area contributed by atoms with Crippen LogP contribution in [0.4, 0.5) is 26.3 Å². The lowest BCUT2D eigenvalue weighted by Gasteiger charge is -2.41. The van der Waals surface area contributed by atoms with Gasteiger partial charge in [-0.1, -0.05) is 0 Å². The molecule has 0 aliphatic carbocycles. The third kappa shape index (κ3) is 4.70. The van der Waals surface area contributed by atoms with E-state index >= 15 is 0 Å². The van der Waals surface area contributed by atoms with Crippen LogP contribution in [0.3, 0.4) is 0 Å². The minimum absolute atomic E-state index is 0.571. The van der Waals surface area contributed by atoms with E-state index in [-0.39, 0.29) is 0 Å². The van der Waals surface area contributed by atoms with Crippen LogP contribution in [0, 0.1) is 0 Å². The Balaban J connectivity index is 6.48. The molecular formula is C13H25F6O6PSi. The highest BCUT2D eigenvalue weighted by Gasteiger charge is 2.88. The molecule has 0 aromatic carbocycles.